The van der Waals surface area contributed by atoms with Crippen LogP contribution in [0, 0.1) is 6.92 Å². The molecule has 0 spiro atoms. The smallest absolute Gasteiger partial charge is 0.305 e. The largest absolute Gasteiger partial charge is 0.312 e. The first-order chi connectivity index (χ1) is 5.25. The molecule has 1 aromatic carbocycles. The highest BCUT2D eigenvalue weighted by molar-refractivity contribution is 7.16. The van der Waals surface area contributed by atoms with Crippen molar-refractivity contribution in [2.45, 2.75) is 6.92 Å². The van der Waals surface area contributed by atoms with Gasteiger partial charge < -0.3 is 4.98 Å². The lowest BCUT2D eigenvalue weighted by Crippen LogP contribution is -1.89. The van der Waals surface area contributed by atoms with Crippen molar-refractivity contribution in [1.29, 1.82) is 0 Å². The van der Waals surface area contributed by atoms with Crippen LogP contribution in [0.1, 0.15) is 5.56 Å². The standard InChI is InChI=1S/C8H7NOS/c1-5-2-3-6-7(4-5)11-8(10)9-6/h2-4H,1H3,(H,9,10). The Balaban J connectivity index is 2.92. The van der Waals surface area contributed by atoms with E-state index >= 15 is 0 Å². The van der Waals surface area contributed by atoms with E-state index < -0.39 is 0 Å². The number of aromatic amines is 1. The molecule has 2 aromatic rings. The summed E-state index contributed by atoms with van der Waals surface area (Å²) in [7, 11) is 0. The second kappa shape index (κ2) is 2.20. The predicted molar refractivity (Wildman–Crippen MR) is 47.2 cm³/mol. The van der Waals surface area contributed by atoms with Crippen LogP contribution >= 0.6 is 11.3 Å². The van der Waals surface area contributed by atoms with Gasteiger partial charge in [0.05, 0.1) is 10.2 Å². The molecule has 0 amide bonds. The van der Waals surface area contributed by atoms with Gasteiger partial charge >= 0.3 is 4.87 Å². The van der Waals surface area contributed by atoms with Crippen molar-refractivity contribution >= 4 is 21.6 Å². The Morgan fingerprint density at radius 3 is 3.09 bits per heavy atom. The molecule has 1 heterocycles. The topological polar surface area (TPSA) is 32.9 Å². The molecule has 2 rings (SSSR count). The van der Waals surface area contributed by atoms with Crippen molar-refractivity contribution in [2.24, 2.45) is 0 Å². The molecule has 0 aliphatic carbocycles. The highest BCUT2D eigenvalue weighted by Crippen LogP contribution is 2.14. The number of thiazole rings is 1. The molecular weight excluding hydrogens is 158 g/mol. The molecule has 2 nitrogen and oxygen atoms in total. The first-order valence-electron chi connectivity index (χ1n) is 3.35. The van der Waals surface area contributed by atoms with Crippen LogP contribution in [0.15, 0.2) is 23.0 Å². The van der Waals surface area contributed by atoms with Gasteiger partial charge in [0.1, 0.15) is 0 Å². The van der Waals surface area contributed by atoms with E-state index in [2.05, 4.69) is 4.98 Å². The second-order valence-corrected chi connectivity index (χ2v) is 3.53. The molecular formula is C8H7NOS. The SMILES string of the molecule is Cc1ccc2[nH]c(=O)sc2c1. The molecule has 1 aromatic heterocycles. The summed E-state index contributed by atoms with van der Waals surface area (Å²) in [5.41, 5.74) is 2.12. The first kappa shape index (κ1) is 6.61. The maximum atomic E-state index is 10.9. The zero-order valence-corrected chi connectivity index (χ0v) is 6.87. The van der Waals surface area contributed by atoms with Crippen molar-refractivity contribution in [1.82, 2.24) is 4.98 Å². The van der Waals surface area contributed by atoms with Gasteiger partial charge in [-0.2, -0.15) is 0 Å². The van der Waals surface area contributed by atoms with Gasteiger partial charge in [0.15, 0.2) is 0 Å². The van der Waals surface area contributed by atoms with Gasteiger partial charge in [-0.25, -0.2) is 0 Å². The lowest BCUT2D eigenvalue weighted by atomic mass is 10.2. The van der Waals surface area contributed by atoms with Gasteiger partial charge in [0, 0.05) is 0 Å². The Morgan fingerprint density at radius 2 is 2.27 bits per heavy atom. The average Bonchev–Trinajstić information content (AvgIpc) is 2.27. The fourth-order valence-corrected chi connectivity index (χ4v) is 1.89. The molecule has 56 valence electrons. The Labute approximate surface area is 67.5 Å². The highest BCUT2D eigenvalue weighted by Gasteiger charge is 1.96. The molecule has 1 N–H and O–H groups in total. The molecule has 0 aliphatic rings. The van der Waals surface area contributed by atoms with Crippen LogP contribution in [0.25, 0.3) is 10.2 Å². The molecule has 0 saturated heterocycles. The molecule has 0 unspecified atom stereocenters. The van der Waals surface area contributed by atoms with E-state index in [1.165, 1.54) is 16.9 Å². The van der Waals surface area contributed by atoms with Crippen molar-refractivity contribution in [3.05, 3.63) is 33.4 Å². The van der Waals surface area contributed by atoms with Crippen LogP contribution in [0.2, 0.25) is 0 Å². The number of aryl methyl sites for hydroxylation is 1. The van der Waals surface area contributed by atoms with E-state index in [1.54, 1.807) is 0 Å². The molecule has 3 heteroatoms. The summed E-state index contributed by atoms with van der Waals surface area (Å²) in [6.07, 6.45) is 0. The van der Waals surface area contributed by atoms with Crippen molar-refractivity contribution in [2.75, 3.05) is 0 Å². The molecule has 0 bridgehead atoms. The maximum Gasteiger partial charge on any atom is 0.305 e. The minimum atomic E-state index is 0.0191. The number of hydrogen-bond acceptors (Lipinski definition) is 2. The van der Waals surface area contributed by atoms with Crippen LogP contribution < -0.4 is 4.87 Å². The number of benzene rings is 1. The van der Waals surface area contributed by atoms with E-state index in [1.807, 2.05) is 25.1 Å². The minimum absolute atomic E-state index is 0.0191. The van der Waals surface area contributed by atoms with Crippen LogP contribution in [0.3, 0.4) is 0 Å². The molecule has 0 aliphatic heterocycles. The van der Waals surface area contributed by atoms with Crippen molar-refractivity contribution in [3.8, 4) is 0 Å². The molecule has 0 saturated carbocycles. The van der Waals surface area contributed by atoms with E-state index in [9.17, 15) is 4.79 Å². The van der Waals surface area contributed by atoms with Gasteiger partial charge in [-0.05, 0) is 24.6 Å². The van der Waals surface area contributed by atoms with Gasteiger partial charge in [-0.15, -0.1) is 0 Å². The summed E-state index contributed by atoms with van der Waals surface area (Å²) < 4.78 is 1.04. The summed E-state index contributed by atoms with van der Waals surface area (Å²) in [4.78, 5) is 13.6. The zero-order valence-electron chi connectivity index (χ0n) is 6.05. The normalized spacial score (nSPS) is 10.6. The van der Waals surface area contributed by atoms with Gasteiger partial charge in [-0.3, -0.25) is 4.79 Å². The summed E-state index contributed by atoms with van der Waals surface area (Å²) in [5.74, 6) is 0. The molecule has 11 heavy (non-hydrogen) atoms. The third kappa shape index (κ3) is 1.07. The lowest BCUT2D eigenvalue weighted by molar-refractivity contribution is 1.40. The number of hydrogen-bond donors (Lipinski definition) is 1. The molecule has 0 radical (unpaired) electrons. The number of fused-ring (bicyclic) bond motifs is 1. The van der Waals surface area contributed by atoms with E-state index in [0.717, 1.165) is 10.2 Å². The van der Waals surface area contributed by atoms with Crippen LogP contribution in [0.5, 0.6) is 0 Å². The summed E-state index contributed by atoms with van der Waals surface area (Å²) in [6.45, 7) is 2.02. The van der Waals surface area contributed by atoms with Gasteiger partial charge in [-0.1, -0.05) is 17.4 Å². The van der Waals surface area contributed by atoms with Crippen LogP contribution in [-0.2, 0) is 0 Å². The summed E-state index contributed by atoms with van der Waals surface area (Å²) in [5, 5.41) is 0. The quantitative estimate of drug-likeness (QED) is 0.635. The Morgan fingerprint density at radius 1 is 1.45 bits per heavy atom. The zero-order chi connectivity index (χ0) is 7.84. The second-order valence-electron chi connectivity index (χ2n) is 2.51. The van der Waals surface area contributed by atoms with E-state index in [-0.39, 0.29) is 4.87 Å². The first-order valence-corrected chi connectivity index (χ1v) is 4.17. The lowest BCUT2D eigenvalue weighted by Gasteiger charge is -1.89. The number of H-pyrrole nitrogens is 1. The third-order valence-corrected chi connectivity index (χ3v) is 2.42. The van der Waals surface area contributed by atoms with Crippen molar-refractivity contribution < 1.29 is 0 Å². The monoisotopic (exact) mass is 165 g/mol. The van der Waals surface area contributed by atoms with Gasteiger partial charge in [0.25, 0.3) is 0 Å². The predicted octanol–water partition coefficient (Wildman–Crippen LogP) is 1.90. The number of nitrogens with one attached hydrogen (secondary N) is 1. The van der Waals surface area contributed by atoms with Crippen LogP contribution in [0.4, 0.5) is 0 Å². The molecule has 0 fully saturated rings. The summed E-state index contributed by atoms with van der Waals surface area (Å²) >= 11 is 1.26. The average molecular weight is 165 g/mol. The van der Waals surface area contributed by atoms with Gasteiger partial charge in [0.2, 0.25) is 0 Å². The molecule has 0 atom stereocenters. The Hall–Kier alpha value is -1.09. The number of rotatable bonds is 0. The minimum Gasteiger partial charge on any atom is -0.312 e. The third-order valence-electron chi connectivity index (χ3n) is 1.58. The van der Waals surface area contributed by atoms with E-state index in [0.29, 0.717) is 0 Å². The maximum absolute atomic E-state index is 10.9. The van der Waals surface area contributed by atoms with E-state index in [4.69, 9.17) is 0 Å². The fourth-order valence-electron chi connectivity index (χ4n) is 1.05. The summed E-state index contributed by atoms with van der Waals surface area (Å²) in [6, 6.07) is 5.94. The fraction of sp³-hybridized carbons (Fsp3) is 0.125. The van der Waals surface area contributed by atoms with Crippen LogP contribution in [-0.4, -0.2) is 4.98 Å². The Kier molecular flexibility index (Phi) is 1.32. The Bertz CT molecular complexity index is 441. The van der Waals surface area contributed by atoms with Crippen molar-refractivity contribution in [3.63, 3.8) is 0 Å². The number of aromatic nitrogens is 1. The highest BCUT2D eigenvalue weighted by atomic mass is 32.1.